The zero-order valence-electron chi connectivity index (χ0n) is 8.36. The third-order valence-corrected chi connectivity index (χ3v) is 5.39. The van der Waals surface area contributed by atoms with E-state index in [9.17, 15) is 0 Å². The summed E-state index contributed by atoms with van der Waals surface area (Å²) in [5.74, 6) is 2.04. The number of hydrogen-bond acceptors (Lipinski definition) is 0. The Morgan fingerprint density at radius 3 is 2.42 bits per heavy atom. The van der Waals surface area contributed by atoms with Crippen LogP contribution >= 0.6 is 15.9 Å². The second-order valence-corrected chi connectivity index (χ2v) is 6.24. The summed E-state index contributed by atoms with van der Waals surface area (Å²) in [6.07, 6.45) is 4.37. The highest BCUT2D eigenvalue weighted by atomic mass is 79.9. The first kappa shape index (κ1) is 9.05. The zero-order valence-corrected chi connectivity index (χ0v) is 9.95. The van der Waals surface area contributed by atoms with Crippen molar-refractivity contribution in [3.63, 3.8) is 0 Å². The lowest BCUT2D eigenvalue weighted by molar-refractivity contribution is 0.146. The van der Waals surface area contributed by atoms with Crippen molar-refractivity contribution in [1.29, 1.82) is 0 Å². The highest BCUT2D eigenvalue weighted by Gasteiger charge is 2.66. The molecule has 0 N–H and O–H groups in total. The van der Waals surface area contributed by atoms with Crippen LogP contribution < -0.4 is 0 Å². The van der Waals surface area contributed by atoms with Gasteiger partial charge in [-0.25, -0.2) is 0 Å². The van der Waals surface area contributed by atoms with E-state index in [1.165, 1.54) is 24.6 Å². The fraction of sp³-hybridized carbons (Fsp3) is 1.00. The molecule has 3 atom stereocenters. The lowest BCUT2D eigenvalue weighted by Gasteiger charge is -2.35. The quantitative estimate of drug-likeness (QED) is 0.633. The Balaban J connectivity index is 2.12. The molecule has 12 heavy (non-hydrogen) atoms. The predicted molar refractivity (Wildman–Crippen MR) is 56.5 cm³/mol. The maximum Gasteiger partial charge on any atom is 0.00341 e. The van der Waals surface area contributed by atoms with Crippen molar-refractivity contribution in [3.8, 4) is 0 Å². The second-order valence-electron chi connectivity index (χ2n) is 5.45. The largest absolute Gasteiger partial charge is 0.0928 e. The molecule has 1 heteroatoms. The van der Waals surface area contributed by atoms with Gasteiger partial charge in [-0.05, 0) is 41.9 Å². The van der Waals surface area contributed by atoms with Crippen LogP contribution in [0.4, 0.5) is 0 Å². The van der Waals surface area contributed by atoms with Crippen molar-refractivity contribution in [1.82, 2.24) is 0 Å². The molecule has 0 heterocycles. The van der Waals surface area contributed by atoms with E-state index in [0.29, 0.717) is 10.8 Å². The van der Waals surface area contributed by atoms with Crippen LogP contribution in [-0.4, -0.2) is 5.33 Å². The van der Waals surface area contributed by atoms with Crippen LogP contribution in [0.3, 0.4) is 0 Å². The lowest BCUT2D eigenvalue weighted by Crippen LogP contribution is -2.28. The number of fused-ring (bicyclic) bond motifs is 1. The molecule has 2 aliphatic carbocycles. The standard InChI is InChI=1S/C11H19Br/c1-10(2)8(4-5-12)6-9-7-11(9,10)3/h8-9H,4-7H2,1-3H3/t8?,9?,11-/m0/s1. The van der Waals surface area contributed by atoms with Crippen molar-refractivity contribution < 1.29 is 0 Å². The van der Waals surface area contributed by atoms with E-state index in [4.69, 9.17) is 0 Å². The average molecular weight is 231 g/mol. The summed E-state index contributed by atoms with van der Waals surface area (Å²) in [6.45, 7) is 7.45. The highest BCUT2D eigenvalue weighted by Crippen LogP contribution is 2.74. The van der Waals surface area contributed by atoms with Crippen LogP contribution in [0.1, 0.15) is 40.0 Å². The molecular weight excluding hydrogens is 212 g/mol. The van der Waals surface area contributed by atoms with Gasteiger partial charge in [0, 0.05) is 5.33 Å². The molecule has 0 aliphatic heterocycles. The van der Waals surface area contributed by atoms with Crippen LogP contribution in [0.2, 0.25) is 0 Å². The zero-order chi connectivity index (χ0) is 8.98. The Hall–Kier alpha value is 0.480. The fourth-order valence-corrected chi connectivity index (χ4v) is 3.85. The summed E-state index contributed by atoms with van der Waals surface area (Å²) in [5, 5.41) is 1.18. The molecule has 0 amide bonds. The second kappa shape index (κ2) is 2.50. The van der Waals surface area contributed by atoms with E-state index >= 15 is 0 Å². The van der Waals surface area contributed by atoms with E-state index in [2.05, 4.69) is 36.7 Å². The minimum absolute atomic E-state index is 0.603. The number of rotatable bonds is 2. The SMILES string of the molecule is CC1(C)C(CCBr)CC2C[C@@]21C. The third kappa shape index (κ3) is 0.950. The van der Waals surface area contributed by atoms with Gasteiger partial charge in [0.1, 0.15) is 0 Å². The Labute approximate surface area is 84.2 Å². The summed E-state index contributed by atoms with van der Waals surface area (Å²) in [6, 6.07) is 0. The molecule has 2 fully saturated rings. The first-order valence-corrected chi connectivity index (χ1v) is 6.20. The number of halogens is 1. The van der Waals surface area contributed by atoms with Crippen molar-refractivity contribution in [2.24, 2.45) is 22.7 Å². The van der Waals surface area contributed by atoms with E-state index in [1.807, 2.05) is 0 Å². The van der Waals surface area contributed by atoms with Gasteiger partial charge in [0.15, 0.2) is 0 Å². The van der Waals surface area contributed by atoms with E-state index in [0.717, 1.165) is 11.8 Å². The molecule has 0 spiro atoms. The summed E-state index contributed by atoms with van der Waals surface area (Å²) in [5.41, 5.74) is 1.31. The Kier molecular flexibility index (Phi) is 1.88. The molecule has 2 saturated carbocycles. The Morgan fingerprint density at radius 1 is 1.33 bits per heavy atom. The van der Waals surface area contributed by atoms with E-state index in [-0.39, 0.29) is 0 Å². The van der Waals surface area contributed by atoms with Crippen molar-refractivity contribution in [2.45, 2.75) is 40.0 Å². The fourth-order valence-electron chi connectivity index (χ4n) is 3.30. The monoisotopic (exact) mass is 230 g/mol. The molecule has 0 bridgehead atoms. The maximum atomic E-state index is 3.56. The van der Waals surface area contributed by atoms with Gasteiger partial charge in [-0.1, -0.05) is 36.7 Å². The minimum Gasteiger partial charge on any atom is -0.0928 e. The third-order valence-electron chi connectivity index (χ3n) is 4.93. The first-order chi connectivity index (χ1) is 5.52. The first-order valence-electron chi connectivity index (χ1n) is 5.08. The van der Waals surface area contributed by atoms with Gasteiger partial charge < -0.3 is 0 Å². The Bertz CT molecular complexity index is 197. The van der Waals surface area contributed by atoms with Gasteiger partial charge >= 0.3 is 0 Å². The Morgan fingerprint density at radius 2 is 2.00 bits per heavy atom. The van der Waals surface area contributed by atoms with Gasteiger partial charge in [-0.2, -0.15) is 0 Å². The van der Waals surface area contributed by atoms with Crippen molar-refractivity contribution >= 4 is 15.9 Å². The van der Waals surface area contributed by atoms with Gasteiger partial charge in [-0.15, -0.1) is 0 Å². The molecule has 0 saturated heterocycles. The summed E-state index contributed by atoms with van der Waals surface area (Å²) >= 11 is 3.56. The van der Waals surface area contributed by atoms with Crippen molar-refractivity contribution in [3.05, 3.63) is 0 Å². The molecular formula is C11H19Br. The minimum atomic E-state index is 0.603. The summed E-state index contributed by atoms with van der Waals surface area (Å²) in [7, 11) is 0. The molecule has 70 valence electrons. The lowest BCUT2D eigenvalue weighted by atomic mass is 9.70. The molecule has 0 aromatic rings. The molecule has 0 aromatic carbocycles. The van der Waals surface area contributed by atoms with Gasteiger partial charge in [0.25, 0.3) is 0 Å². The molecule has 2 unspecified atom stereocenters. The maximum absolute atomic E-state index is 3.56. The average Bonchev–Trinajstić information content (AvgIpc) is 2.58. The van der Waals surface area contributed by atoms with Gasteiger partial charge in [-0.3, -0.25) is 0 Å². The normalized spacial score (nSPS) is 49.0. The van der Waals surface area contributed by atoms with Crippen LogP contribution in [0.5, 0.6) is 0 Å². The predicted octanol–water partition coefficient (Wildman–Crippen LogP) is 3.84. The van der Waals surface area contributed by atoms with E-state index < -0.39 is 0 Å². The van der Waals surface area contributed by atoms with Crippen LogP contribution in [0.15, 0.2) is 0 Å². The van der Waals surface area contributed by atoms with Gasteiger partial charge in [0.05, 0.1) is 0 Å². The van der Waals surface area contributed by atoms with Crippen molar-refractivity contribution in [2.75, 3.05) is 5.33 Å². The topological polar surface area (TPSA) is 0 Å². The smallest absolute Gasteiger partial charge is 0.00341 e. The molecule has 0 radical (unpaired) electrons. The summed E-state index contributed by atoms with van der Waals surface area (Å²) in [4.78, 5) is 0. The number of alkyl halides is 1. The van der Waals surface area contributed by atoms with Crippen LogP contribution in [0, 0.1) is 22.7 Å². The molecule has 0 nitrogen and oxygen atoms in total. The van der Waals surface area contributed by atoms with Crippen LogP contribution in [0.25, 0.3) is 0 Å². The number of hydrogen-bond donors (Lipinski definition) is 0. The molecule has 2 aliphatic rings. The van der Waals surface area contributed by atoms with E-state index in [1.54, 1.807) is 0 Å². The van der Waals surface area contributed by atoms with Gasteiger partial charge in [0.2, 0.25) is 0 Å². The summed E-state index contributed by atoms with van der Waals surface area (Å²) < 4.78 is 0. The highest BCUT2D eigenvalue weighted by molar-refractivity contribution is 9.09. The molecule has 0 aromatic heterocycles. The van der Waals surface area contributed by atoms with Crippen LogP contribution in [-0.2, 0) is 0 Å². The molecule has 2 rings (SSSR count).